The summed E-state index contributed by atoms with van der Waals surface area (Å²) in [6.45, 7) is 7.60. The van der Waals surface area contributed by atoms with Crippen LogP contribution in [-0.2, 0) is 32.6 Å². The molecule has 0 radical (unpaired) electrons. The summed E-state index contributed by atoms with van der Waals surface area (Å²) in [6, 6.07) is 22.6. The topological polar surface area (TPSA) is 96.0 Å². The third kappa shape index (κ3) is 9.89. The van der Waals surface area contributed by atoms with Crippen LogP contribution in [0.4, 0.5) is 5.69 Å². The number of rotatable bonds is 12. The average molecular weight is 645 g/mol. The van der Waals surface area contributed by atoms with Gasteiger partial charge in [-0.25, -0.2) is 8.42 Å². The number of carbonyl (C=O) groups is 2. The van der Waals surface area contributed by atoms with Crippen molar-refractivity contribution in [2.24, 2.45) is 0 Å². The monoisotopic (exact) mass is 643 g/mol. The molecule has 3 rings (SSSR count). The molecule has 0 spiro atoms. The Kier molecular flexibility index (Phi) is 11.0. The maximum Gasteiger partial charge on any atom is 0.244 e. The molecule has 1 atom stereocenters. The van der Waals surface area contributed by atoms with Crippen molar-refractivity contribution >= 4 is 43.5 Å². The summed E-state index contributed by atoms with van der Waals surface area (Å²) in [4.78, 5) is 29.3. The fraction of sp³-hybridized carbons (Fsp3) is 0.355. The van der Waals surface area contributed by atoms with Crippen LogP contribution < -0.4 is 14.4 Å². The zero-order valence-electron chi connectivity index (χ0n) is 24.1. The van der Waals surface area contributed by atoms with Crippen molar-refractivity contribution in [3.8, 4) is 5.75 Å². The van der Waals surface area contributed by atoms with E-state index in [-0.39, 0.29) is 18.9 Å². The molecule has 0 saturated carbocycles. The highest BCUT2D eigenvalue weighted by Gasteiger charge is 2.34. The predicted molar refractivity (Wildman–Crippen MR) is 166 cm³/mol. The number of sulfonamides is 1. The highest BCUT2D eigenvalue weighted by atomic mass is 79.9. The van der Waals surface area contributed by atoms with Crippen LogP contribution in [0.5, 0.6) is 5.75 Å². The van der Waals surface area contributed by atoms with Crippen LogP contribution >= 0.6 is 15.9 Å². The molecule has 220 valence electrons. The van der Waals surface area contributed by atoms with Crippen molar-refractivity contribution in [1.82, 2.24) is 10.2 Å². The van der Waals surface area contributed by atoms with Crippen LogP contribution in [0.25, 0.3) is 0 Å². The minimum Gasteiger partial charge on any atom is -0.494 e. The number of amides is 2. The second kappa shape index (κ2) is 14.0. The zero-order valence-corrected chi connectivity index (χ0v) is 26.5. The molecular weight excluding hydrogens is 606 g/mol. The van der Waals surface area contributed by atoms with Gasteiger partial charge in [0.1, 0.15) is 18.3 Å². The summed E-state index contributed by atoms with van der Waals surface area (Å²) in [5, 5.41) is 3.02. The van der Waals surface area contributed by atoms with Gasteiger partial charge in [-0.3, -0.25) is 13.9 Å². The van der Waals surface area contributed by atoms with Crippen LogP contribution in [0.2, 0.25) is 0 Å². The molecule has 0 unspecified atom stereocenters. The molecule has 0 bridgehead atoms. The average Bonchev–Trinajstić information content (AvgIpc) is 2.90. The summed E-state index contributed by atoms with van der Waals surface area (Å²) in [5.41, 5.74) is 1.46. The number of carbonyl (C=O) groups excluding carboxylic acids is 2. The van der Waals surface area contributed by atoms with E-state index in [0.29, 0.717) is 18.0 Å². The van der Waals surface area contributed by atoms with E-state index in [4.69, 9.17) is 4.74 Å². The first-order valence-corrected chi connectivity index (χ1v) is 16.0. The molecule has 41 heavy (non-hydrogen) atoms. The summed E-state index contributed by atoms with van der Waals surface area (Å²) in [6.07, 6.45) is 1.32. The van der Waals surface area contributed by atoms with Gasteiger partial charge >= 0.3 is 0 Å². The molecule has 3 aromatic carbocycles. The van der Waals surface area contributed by atoms with Gasteiger partial charge in [0.25, 0.3) is 0 Å². The number of hydrogen-bond acceptors (Lipinski definition) is 5. The summed E-state index contributed by atoms with van der Waals surface area (Å²) < 4.78 is 33.3. The lowest BCUT2D eigenvalue weighted by atomic mass is 10.0. The summed E-state index contributed by atoms with van der Waals surface area (Å²) in [5.74, 6) is -0.231. The Balaban J connectivity index is 2.04. The van der Waals surface area contributed by atoms with Crippen molar-refractivity contribution in [1.29, 1.82) is 0 Å². The van der Waals surface area contributed by atoms with Gasteiger partial charge in [-0.2, -0.15) is 0 Å². The Labute approximate surface area is 251 Å². The van der Waals surface area contributed by atoms with E-state index in [9.17, 15) is 18.0 Å². The Hall–Kier alpha value is -3.37. The van der Waals surface area contributed by atoms with Gasteiger partial charge in [-0.05, 0) is 75.2 Å². The first-order chi connectivity index (χ1) is 19.3. The molecule has 1 N–H and O–H groups in total. The maximum absolute atomic E-state index is 14.1. The second-order valence-electron chi connectivity index (χ2n) is 10.8. The molecule has 3 aromatic rings. The fourth-order valence-electron chi connectivity index (χ4n) is 4.28. The molecule has 0 heterocycles. The largest absolute Gasteiger partial charge is 0.494 e. The lowest BCUT2D eigenvalue weighted by Gasteiger charge is -2.35. The van der Waals surface area contributed by atoms with Gasteiger partial charge in [0.05, 0.1) is 18.6 Å². The predicted octanol–water partition coefficient (Wildman–Crippen LogP) is 5.17. The van der Waals surface area contributed by atoms with E-state index in [1.54, 1.807) is 24.3 Å². The van der Waals surface area contributed by atoms with Gasteiger partial charge in [0.15, 0.2) is 0 Å². The van der Waals surface area contributed by atoms with E-state index < -0.39 is 34.1 Å². The van der Waals surface area contributed by atoms with E-state index in [2.05, 4.69) is 21.2 Å². The number of hydrogen-bond donors (Lipinski definition) is 1. The first-order valence-electron chi connectivity index (χ1n) is 13.4. The molecule has 0 aliphatic carbocycles. The van der Waals surface area contributed by atoms with Crippen LogP contribution in [0.15, 0.2) is 83.3 Å². The van der Waals surface area contributed by atoms with Crippen LogP contribution in [-0.4, -0.2) is 56.1 Å². The van der Waals surface area contributed by atoms with Gasteiger partial charge in [-0.1, -0.05) is 58.4 Å². The van der Waals surface area contributed by atoms with Gasteiger partial charge in [-0.15, -0.1) is 0 Å². The number of ether oxygens (including phenoxy) is 1. The van der Waals surface area contributed by atoms with E-state index in [1.807, 2.05) is 82.3 Å². The number of nitrogens with zero attached hydrogens (tertiary/aromatic N) is 2. The lowest BCUT2D eigenvalue weighted by Crippen LogP contribution is -2.56. The highest BCUT2D eigenvalue weighted by molar-refractivity contribution is 9.10. The lowest BCUT2D eigenvalue weighted by molar-refractivity contribution is -0.140. The number of nitrogens with one attached hydrogen (secondary N) is 1. The van der Waals surface area contributed by atoms with Gasteiger partial charge in [0.2, 0.25) is 21.8 Å². The molecule has 0 saturated heterocycles. The highest BCUT2D eigenvalue weighted by Crippen LogP contribution is 2.24. The normalized spacial score (nSPS) is 12.3. The number of halogens is 1. The Bertz CT molecular complexity index is 1410. The molecule has 0 aliphatic rings. The van der Waals surface area contributed by atoms with E-state index >= 15 is 0 Å². The minimum absolute atomic E-state index is 0.113. The Morgan fingerprint density at radius 1 is 0.927 bits per heavy atom. The first kappa shape index (κ1) is 32.1. The van der Waals surface area contributed by atoms with Crippen molar-refractivity contribution in [3.63, 3.8) is 0 Å². The molecule has 0 aromatic heterocycles. The van der Waals surface area contributed by atoms with Crippen LogP contribution in [0.1, 0.15) is 38.8 Å². The van der Waals surface area contributed by atoms with Gasteiger partial charge in [0, 0.05) is 23.0 Å². The SMILES string of the molecule is CCOc1ccc(N(CC(=O)N(Cc2ccc(Br)cc2)[C@H](Cc2ccccc2)C(=O)NC(C)(C)C)S(C)(=O)=O)cc1. The molecule has 0 fully saturated rings. The smallest absolute Gasteiger partial charge is 0.244 e. The standard InChI is InChI=1S/C31H38BrN3O5S/c1-6-40-27-18-16-26(17-19-27)35(41(5,38)39)22-29(36)34(21-24-12-14-25(32)15-13-24)28(30(37)33-31(2,3)4)20-23-10-8-7-9-11-23/h7-19,28H,6,20-22H2,1-5H3,(H,33,37)/t28-/m1/s1. The van der Waals surface area contributed by atoms with E-state index in [0.717, 1.165) is 26.2 Å². The van der Waals surface area contributed by atoms with Crippen molar-refractivity contribution in [3.05, 3.63) is 94.5 Å². The third-order valence-corrected chi connectivity index (χ3v) is 7.82. The molecule has 0 aliphatic heterocycles. The molecular formula is C31H38BrN3O5S. The molecule has 2 amide bonds. The number of anilines is 1. The molecule has 10 heteroatoms. The molecule has 8 nitrogen and oxygen atoms in total. The number of benzene rings is 3. The fourth-order valence-corrected chi connectivity index (χ4v) is 5.40. The van der Waals surface area contributed by atoms with Crippen LogP contribution in [0, 0.1) is 0 Å². The van der Waals surface area contributed by atoms with Gasteiger partial charge < -0.3 is 15.0 Å². The van der Waals surface area contributed by atoms with Crippen molar-refractivity contribution in [2.45, 2.75) is 52.2 Å². The third-order valence-electron chi connectivity index (χ3n) is 6.15. The second-order valence-corrected chi connectivity index (χ2v) is 13.6. The zero-order chi connectivity index (χ0) is 30.2. The summed E-state index contributed by atoms with van der Waals surface area (Å²) >= 11 is 3.44. The van der Waals surface area contributed by atoms with Crippen LogP contribution in [0.3, 0.4) is 0 Å². The minimum atomic E-state index is -3.85. The quantitative estimate of drug-likeness (QED) is 0.294. The maximum atomic E-state index is 14.1. The summed E-state index contributed by atoms with van der Waals surface area (Å²) in [7, 11) is -3.85. The van der Waals surface area contributed by atoms with Crippen molar-refractivity contribution < 1.29 is 22.7 Å². The Morgan fingerprint density at radius 2 is 1.54 bits per heavy atom. The van der Waals surface area contributed by atoms with Crippen molar-refractivity contribution in [2.75, 3.05) is 23.7 Å². The van der Waals surface area contributed by atoms with E-state index in [1.165, 1.54) is 4.90 Å². The Morgan fingerprint density at radius 3 is 2.07 bits per heavy atom.